The maximum atomic E-state index is 6.28. The molecule has 2 heterocycles. The average Bonchev–Trinajstić information content (AvgIpc) is 3.15. The van der Waals surface area contributed by atoms with Crippen LogP contribution in [0.4, 0.5) is 5.13 Å². The summed E-state index contributed by atoms with van der Waals surface area (Å²) in [7, 11) is 0. The quantitative estimate of drug-likeness (QED) is 0.675. The predicted molar refractivity (Wildman–Crippen MR) is 107 cm³/mol. The largest absolute Gasteiger partial charge is 0.370 e. The molecule has 2 aromatic rings. The zero-order valence-corrected chi connectivity index (χ0v) is 16.1. The van der Waals surface area contributed by atoms with E-state index in [1.165, 1.54) is 11.1 Å². The molecule has 1 aliphatic heterocycles. The van der Waals surface area contributed by atoms with Crippen molar-refractivity contribution >= 4 is 22.4 Å². The highest BCUT2D eigenvalue weighted by Crippen LogP contribution is 2.26. The summed E-state index contributed by atoms with van der Waals surface area (Å²) in [6.45, 7) is 11.0. The summed E-state index contributed by atoms with van der Waals surface area (Å²) >= 11 is 1.69. The molecule has 0 saturated carbocycles. The van der Waals surface area contributed by atoms with Gasteiger partial charge >= 0.3 is 0 Å². The van der Waals surface area contributed by atoms with Crippen LogP contribution in [0.1, 0.15) is 25.0 Å². The van der Waals surface area contributed by atoms with E-state index < -0.39 is 0 Å². The monoisotopic (exact) mass is 357 g/mol. The van der Waals surface area contributed by atoms with Crippen LogP contribution < -0.4 is 10.6 Å². The molecule has 0 bridgehead atoms. The maximum absolute atomic E-state index is 6.28. The Bertz CT molecular complexity index is 715. The molecule has 2 N–H and O–H groups in total. The highest BCUT2D eigenvalue weighted by atomic mass is 32.1. The molecule has 0 atom stereocenters. The Morgan fingerprint density at radius 1 is 1.24 bits per heavy atom. The predicted octanol–water partition coefficient (Wildman–Crippen LogP) is 2.87. The molecule has 1 aromatic heterocycles. The Morgan fingerprint density at radius 3 is 2.60 bits per heavy atom. The Balaban J connectivity index is 1.60. The van der Waals surface area contributed by atoms with Gasteiger partial charge in [0.05, 0.1) is 6.54 Å². The van der Waals surface area contributed by atoms with Crippen molar-refractivity contribution in [2.75, 3.05) is 37.6 Å². The Labute approximate surface area is 154 Å². The zero-order valence-electron chi connectivity index (χ0n) is 15.3. The molecule has 134 valence electrons. The van der Waals surface area contributed by atoms with Crippen LogP contribution in [0.25, 0.3) is 0 Å². The van der Waals surface area contributed by atoms with Gasteiger partial charge in [-0.15, -0.1) is 11.3 Å². The molecule has 0 spiro atoms. The molecule has 0 amide bonds. The van der Waals surface area contributed by atoms with E-state index in [2.05, 4.69) is 59.8 Å². The fourth-order valence-corrected chi connectivity index (χ4v) is 3.99. The lowest BCUT2D eigenvalue weighted by Gasteiger charge is -2.35. The van der Waals surface area contributed by atoms with E-state index in [1.807, 2.05) is 11.6 Å². The lowest BCUT2D eigenvalue weighted by Crippen LogP contribution is -2.51. The van der Waals surface area contributed by atoms with E-state index >= 15 is 0 Å². The smallest absolute Gasteiger partial charge is 0.191 e. The van der Waals surface area contributed by atoms with Gasteiger partial charge in [-0.05, 0) is 18.1 Å². The van der Waals surface area contributed by atoms with Crippen molar-refractivity contribution in [1.82, 2.24) is 9.88 Å². The van der Waals surface area contributed by atoms with Gasteiger partial charge < -0.3 is 15.5 Å². The van der Waals surface area contributed by atoms with E-state index in [9.17, 15) is 0 Å². The second kappa shape index (κ2) is 7.44. The van der Waals surface area contributed by atoms with Crippen LogP contribution in [0.5, 0.6) is 0 Å². The van der Waals surface area contributed by atoms with Crippen molar-refractivity contribution < 1.29 is 0 Å². The second-order valence-electron chi connectivity index (χ2n) is 7.16. The number of aliphatic imine (C=N–C) groups is 1. The molecule has 1 saturated heterocycles. The van der Waals surface area contributed by atoms with E-state index in [0.717, 1.165) is 31.3 Å². The summed E-state index contributed by atoms with van der Waals surface area (Å²) in [6, 6.07) is 8.51. The molecular weight excluding hydrogens is 330 g/mol. The number of anilines is 1. The van der Waals surface area contributed by atoms with Crippen molar-refractivity contribution in [3.63, 3.8) is 0 Å². The molecule has 25 heavy (non-hydrogen) atoms. The lowest BCUT2D eigenvalue weighted by molar-refractivity contribution is 0.378. The minimum absolute atomic E-state index is 0.0291. The number of hydrogen-bond acceptors (Lipinski definition) is 4. The number of aromatic nitrogens is 1. The van der Waals surface area contributed by atoms with Crippen LogP contribution >= 0.6 is 11.3 Å². The number of thiazole rings is 1. The highest BCUT2D eigenvalue weighted by Gasteiger charge is 2.24. The van der Waals surface area contributed by atoms with Gasteiger partial charge in [-0.2, -0.15) is 0 Å². The summed E-state index contributed by atoms with van der Waals surface area (Å²) in [4.78, 5) is 13.6. The number of aryl methyl sites for hydroxylation is 1. The van der Waals surface area contributed by atoms with E-state index in [1.54, 1.807) is 11.3 Å². The Kier molecular flexibility index (Phi) is 5.27. The van der Waals surface area contributed by atoms with Gasteiger partial charge in [-0.1, -0.05) is 38.1 Å². The molecule has 0 aliphatic carbocycles. The van der Waals surface area contributed by atoms with Crippen molar-refractivity contribution in [3.8, 4) is 0 Å². The average molecular weight is 358 g/mol. The molecule has 5 nitrogen and oxygen atoms in total. The number of nitrogens with zero attached hydrogens (tertiary/aromatic N) is 4. The molecule has 1 aromatic carbocycles. The first-order valence-corrected chi connectivity index (χ1v) is 9.61. The van der Waals surface area contributed by atoms with Gasteiger partial charge in [0.1, 0.15) is 0 Å². The van der Waals surface area contributed by atoms with Gasteiger partial charge in [-0.3, -0.25) is 4.99 Å². The number of rotatable bonds is 4. The SMILES string of the molecule is Cc1ccccc1C(C)(C)CN=C(N)N1CCN(c2nccs2)CC1. The van der Waals surface area contributed by atoms with Crippen LogP contribution in [0.2, 0.25) is 0 Å². The van der Waals surface area contributed by atoms with Gasteiger partial charge in [0, 0.05) is 43.2 Å². The maximum Gasteiger partial charge on any atom is 0.191 e. The van der Waals surface area contributed by atoms with Crippen molar-refractivity contribution in [2.45, 2.75) is 26.2 Å². The topological polar surface area (TPSA) is 57.8 Å². The first-order valence-electron chi connectivity index (χ1n) is 8.73. The summed E-state index contributed by atoms with van der Waals surface area (Å²) in [5, 5.41) is 3.11. The molecule has 1 fully saturated rings. The molecule has 0 unspecified atom stereocenters. The minimum Gasteiger partial charge on any atom is -0.370 e. The molecule has 1 aliphatic rings. The van der Waals surface area contributed by atoms with E-state index in [4.69, 9.17) is 10.7 Å². The van der Waals surface area contributed by atoms with Crippen LogP contribution in [0.3, 0.4) is 0 Å². The molecule has 6 heteroatoms. The van der Waals surface area contributed by atoms with Gasteiger partial charge in [0.15, 0.2) is 11.1 Å². The summed E-state index contributed by atoms with van der Waals surface area (Å²) in [6.07, 6.45) is 1.86. The third kappa shape index (κ3) is 4.12. The highest BCUT2D eigenvalue weighted by molar-refractivity contribution is 7.13. The molecule has 3 rings (SSSR count). The van der Waals surface area contributed by atoms with Gasteiger partial charge in [-0.25, -0.2) is 4.98 Å². The van der Waals surface area contributed by atoms with Crippen LogP contribution in [0, 0.1) is 6.92 Å². The lowest BCUT2D eigenvalue weighted by atomic mass is 9.82. The molecule has 0 radical (unpaired) electrons. The van der Waals surface area contributed by atoms with Crippen molar-refractivity contribution in [3.05, 3.63) is 47.0 Å². The number of nitrogens with two attached hydrogens (primary N) is 1. The van der Waals surface area contributed by atoms with E-state index in [0.29, 0.717) is 12.5 Å². The first kappa shape index (κ1) is 17.7. The summed E-state index contributed by atoms with van der Waals surface area (Å²) in [5.41, 5.74) is 8.89. The second-order valence-corrected chi connectivity index (χ2v) is 8.04. The number of guanidine groups is 1. The van der Waals surface area contributed by atoms with Crippen LogP contribution in [-0.2, 0) is 5.41 Å². The zero-order chi connectivity index (χ0) is 17.9. The minimum atomic E-state index is -0.0291. The van der Waals surface area contributed by atoms with Crippen LogP contribution in [-0.4, -0.2) is 48.6 Å². The van der Waals surface area contributed by atoms with Crippen LogP contribution in [0.15, 0.2) is 40.8 Å². The fourth-order valence-electron chi connectivity index (χ4n) is 3.29. The number of hydrogen-bond donors (Lipinski definition) is 1. The fraction of sp³-hybridized carbons (Fsp3) is 0.474. The number of piperazine rings is 1. The summed E-state index contributed by atoms with van der Waals surface area (Å²) < 4.78 is 0. The van der Waals surface area contributed by atoms with E-state index in [-0.39, 0.29) is 5.41 Å². The normalized spacial score (nSPS) is 16.4. The first-order chi connectivity index (χ1) is 12.0. The third-order valence-electron chi connectivity index (χ3n) is 4.80. The Morgan fingerprint density at radius 2 is 1.96 bits per heavy atom. The third-order valence-corrected chi connectivity index (χ3v) is 5.64. The van der Waals surface area contributed by atoms with Crippen molar-refractivity contribution in [1.29, 1.82) is 0 Å². The number of benzene rings is 1. The van der Waals surface area contributed by atoms with Gasteiger partial charge in [0.2, 0.25) is 0 Å². The standard InChI is InChI=1S/C19H27N5S/c1-15-6-4-5-7-16(15)19(2,3)14-22-17(20)23-9-11-24(12-10-23)18-21-8-13-25-18/h4-8,13H,9-12,14H2,1-3H3,(H2,20,22). The van der Waals surface area contributed by atoms with Gasteiger partial charge in [0.25, 0.3) is 0 Å². The molecular formula is C19H27N5S. The Hall–Kier alpha value is -2.08. The van der Waals surface area contributed by atoms with Crippen molar-refractivity contribution in [2.24, 2.45) is 10.7 Å². The summed E-state index contributed by atoms with van der Waals surface area (Å²) in [5.74, 6) is 0.653.